The van der Waals surface area contributed by atoms with Gasteiger partial charge >= 0.3 is 5.97 Å². The molecule has 0 radical (unpaired) electrons. The lowest BCUT2D eigenvalue weighted by atomic mass is 9.48. The Bertz CT molecular complexity index is 567. The van der Waals surface area contributed by atoms with Crippen molar-refractivity contribution in [2.45, 2.75) is 56.9 Å². The van der Waals surface area contributed by atoms with Gasteiger partial charge in [-0.2, -0.15) is 0 Å². The lowest BCUT2D eigenvalue weighted by molar-refractivity contribution is -0.167. The fraction of sp³-hybridized carbons (Fsp3) is 0.889. The minimum absolute atomic E-state index is 0.0129. The summed E-state index contributed by atoms with van der Waals surface area (Å²) < 4.78 is 27.0. The largest absolute Gasteiger partial charge is 0.481 e. The summed E-state index contributed by atoms with van der Waals surface area (Å²) in [4.78, 5) is 25.7. The minimum Gasteiger partial charge on any atom is -0.481 e. The summed E-state index contributed by atoms with van der Waals surface area (Å²) >= 11 is 0. The first-order valence-corrected chi connectivity index (χ1v) is 9.39. The molecular formula is C18H26F2N2O3. The molecule has 1 amide bonds. The van der Waals surface area contributed by atoms with E-state index in [1.165, 1.54) is 4.90 Å². The molecule has 25 heavy (non-hydrogen) atoms. The third-order valence-corrected chi connectivity index (χ3v) is 6.89. The first-order chi connectivity index (χ1) is 11.8. The Morgan fingerprint density at radius 2 is 1.84 bits per heavy atom. The molecular weight excluding hydrogens is 330 g/mol. The van der Waals surface area contributed by atoms with Crippen LogP contribution in [0.5, 0.6) is 0 Å². The van der Waals surface area contributed by atoms with Crippen molar-refractivity contribution in [1.29, 1.82) is 0 Å². The summed E-state index contributed by atoms with van der Waals surface area (Å²) in [7, 11) is 0. The molecule has 4 saturated carbocycles. The number of nitrogens with zero attached hydrogens (tertiary/aromatic N) is 1. The summed E-state index contributed by atoms with van der Waals surface area (Å²) in [5.41, 5.74) is -0.591. The number of carboxylic acids is 1. The first-order valence-electron chi connectivity index (χ1n) is 9.39. The highest BCUT2D eigenvalue weighted by atomic mass is 19.3. The second-order valence-corrected chi connectivity index (χ2v) is 8.82. The van der Waals surface area contributed by atoms with Crippen molar-refractivity contribution in [3.63, 3.8) is 0 Å². The molecule has 1 heterocycles. The van der Waals surface area contributed by atoms with Crippen LogP contribution in [0.4, 0.5) is 8.78 Å². The van der Waals surface area contributed by atoms with E-state index in [0.717, 1.165) is 19.3 Å². The molecule has 2 N–H and O–H groups in total. The van der Waals surface area contributed by atoms with Gasteiger partial charge in [0.1, 0.15) is 0 Å². The average Bonchev–Trinajstić information content (AvgIpc) is 2.49. The lowest BCUT2D eigenvalue weighted by Gasteiger charge is -2.58. The maximum atomic E-state index is 13.5. The Morgan fingerprint density at radius 3 is 2.44 bits per heavy atom. The number of amides is 1. The van der Waals surface area contributed by atoms with E-state index < -0.39 is 17.3 Å². The van der Waals surface area contributed by atoms with Crippen LogP contribution >= 0.6 is 0 Å². The number of rotatable bonds is 4. The van der Waals surface area contributed by atoms with Crippen LogP contribution in [0.2, 0.25) is 0 Å². The number of halogens is 2. The molecule has 5 aliphatic rings. The number of carbonyl (C=O) groups excluding carboxylic acids is 1. The van der Waals surface area contributed by atoms with Crippen molar-refractivity contribution in [3.05, 3.63) is 0 Å². The molecule has 7 heteroatoms. The fourth-order valence-electron chi connectivity index (χ4n) is 6.14. The van der Waals surface area contributed by atoms with Crippen LogP contribution in [0.15, 0.2) is 0 Å². The molecule has 5 fully saturated rings. The summed E-state index contributed by atoms with van der Waals surface area (Å²) in [5, 5.41) is 12.7. The number of hydrogen-bond acceptors (Lipinski definition) is 3. The molecule has 5 nitrogen and oxygen atoms in total. The highest BCUT2D eigenvalue weighted by molar-refractivity contribution is 5.79. The second-order valence-electron chi connectivity index (χ2n) is 8.82. The van der Waals surface area contributed by atoms with E-state index in [1.807, 2.05) is 0 Å². The highest BCUT2D eigenvalue weighted by Crippen LogP contribution is 2.60. The highest BCUT2D eigenvalue weighted by Gasteiger charge is 2.58. The number of nitrogens with one attached hydrogen (secondary N) is 1. The predicted octanol–water partition coefficient (Wildman–Crippen LogP) is 2.11. The van der Waals surface area contributed by atoms with Crippen molar-refractivity contribution in [2.75, 3.05) is 19.6 Å². The number of carbonyl (C=O) groups is 2. The third kappa shape index (κ3) is 3.15. The molecule has 4 aliphatic carbocycles. The molecule has 3 unspecified atom stereocenters. The van der Waals surface area contributed by atoms with Gasteiger partial charge in [-0.15, -0.1) is 0 Å². The van der Waals surface area contributed by atoms with Gasteiger partial charge in [0.25, 0.3) is 5.92 Å². The van der Waals surface area contributed by atoms with Gasteiger partial charge in [0.05, 0.1) is 18.5 Å². The van der Waals surface area contributed by atoms with Gasteiger partial charge in [0.15, 0.2) is 0 Å². The number of aliphatic carboxylic acids is 1. The molecule has 5 rings (SSSR count). The zero-order chi connectivity index (χ0) is 17.8. The molecule has 140 valence electrons. The van der Waals surface area contributed by atoms with Crippen LogP contribution in [-0.2, 0) is 9.59 Å². The van der Waals surface area contributed by atoms with Crippen LogP contribution < -0.4 is 5.32 Å². The summed E-state index contributed by atoms with van der Waals surface area (Å²) in [6, 6.07) is 0.0156. The molecule has 1 aliphatic heterocycles. The van der Waals surface area contributed by atoms with E-state index in [1.54, 1.807) is 0 Å². The van der Waals surface area contributed by atoms with Crippen molar-refractivity contribution >= 4 is 11.9 Å². The van der Waals surface area contributed by atoms with Crippen LogP contribution in [0.1, 0.15) is 44.9 Å². The standard InChI is InChI=1S/C18H26F2N2O3/c19-18(20)2-1-3-22(10-18)9-14(23)21-15-12-4-11-5-13(15)8-17(6-11,7-12)16(24)25/h11-13,15H,1-10H2,(H,21,23)(H,24,25)/t11?,12-,13+,15?,17?. The monoisotopic (exact) mass is 356 g/mol. The van der Waals surface area contributed by atoms with Crippen molar-refractivity contribution < 1.29 is 23.5 Å². The average molecular weight is 356 g/mol. The van der Waals surface area contributed by atoms with Gasteiger partial charge in [0, 0.05) is 12.5 Å². The smallest absolute Gasteiger partial charge is 0.309 e. The van der Waals surface area contributed by atoms with Crippen LogP contribution in [-0.4, -0.2) is 53.5 Å². The van der Waals surface area contributed by atoms with Gasteiger partial charge in [0.2, 0.25) is 5.91 Å². The van der Waals surface area contributed by atoms with Gasteiger partial charge in [-0.1, -0.05) is 0 Å². The summed E-state index contributed by atoms with van der Waals surface area (Å²) in [6.45, 7) is 0.200. The predicted molar refractivity (Wildman–Crippen MR) is 86.2 cm³/mol. The minimum atomic E-state index is -2.70. The fourth-order valence-corrected chi connectivity index (χ4v) is 6.14. The molecule has 1 saturated heterocycles. The lowest BCUT2D eigenvalue weighted by Crippen LogP contribution is -2.61. The third-order valence-electron chi connectivity index (χ3n) is 6.89. The second kappa shape index (κ2) is 5.89. The van der Waals surface area contributed by atoms with Crippen LogP contribution in [0.25, 0.3) is 0 Å². The Kier molecular flexibility index (Phi) is 4.05. The number of piperidine rings is 1. The summed E-state index contributed by atoms with van der Waals surface area (Å²) in [6.07, 6.45) is 4.34. The van der Waals surface area contributed by atoms with E-state index in [4.69, 9.17) is 0 Å². The molecule has 0 spiro atoms. The zero-order valence-electron chi connectivity index (χ0n) is 14.3. The maximum Gasteiger partial charge on any atom is 0.309 e. The van der Waals surface area contributed by atoms with Gasteiger partial charge in [-0.05, 0) is 62.8 Å². The van der Waals surface area contributed by atoms with Crippen molar-refractivity contribution in [3.8, 4) is 0 Å². The number of hydrogen-bond donors (Lipinski definition) is 2. The number of likely N-dealkylation sites (tertiary alicyclic amines) is 1. The molecule has 0 aromatic heterocycles. The summed E-state index contributed by atoms with van der Waals surface area (Å²) in [5.74, 6) is -2.69. The zero-order valence-corrected chi connectivity index (χ0v) is 14.3. The van der Waals surface area contributed by atoms with Crippen molar-refractivity contribution in [2.24, 2.45) is 23.2 Å². The van der Waals surface area contributed by atoms with E-state index in [0.29, 0.717) is 31.7 Å². The van der Waals surface area contributed by atoms with Gasteiger partial charge < -0.3 is 10.4 Å². The quantitative estimate of drug-likeness (QED) is 0.810. The number of alkyl halides is 2. The molecule has 4 bridgehead atoms. The Hall–Kier alpha value is -1.24. The van der Waals surface area contributed by atoms with Gasteiger partial charge in [-0.25, -0.2) is 8.78 Å². The van der Waals surface area contributed by atoms with Crippen molar-refractivity contribution in [1.82, 2.24) is 10.2 Å². The van der Waals surface area contributed by atoms with E-state index in [2.05, 4.69) is 5.32 Å². The SMILES string of the molecule is O=C(CN1CCCC(F)(F)C1)NC1[C@@H]2CC3C[C@H]1CC(C(=O)O)(C3)C2. The molecule has 0 aromatic carbocycles. The first kappa shape index (κ1) is 17.2. The van der Waals surface area contributed by atoms with E-state index in [9.17, 15) is 23.5 Å². The normalized spacial score (nSPS) is 42.3. The molecule has 0 aromatic rings. The Morgan fingerprint density at radius 1 is 1.16 bits per heavy atom. The van der Waals surface area contributed by atoms with Crippen LogP contribution in [0, 0.1) is 23.2 Å². The van der Waals surface area contributed by atoms with E-state index >= 15 is 0 Å². The maximum absolute atomic E-state index is 13.5. The molecule has 5 atom stereocenters. The topological polar surface area (TPSA) is 69.6 Å². The number of carboxylic acid groups (broad SMARTS) is 1. The van der Waals surface area contributed by atoms with E-state index in [-0.39, 0.29) is 43.3 Å². The Balaban J connectivity index is 1.37. The van der Waals surface area contributed by atoms with Crippen LogP contribution in [0.3, 0.4) is 0 Å². The Labute approximate surface area is 146 Å². The van der Waals surface area contributed by atoms with Gasteiger partial charge in [-0.3, -0.25) is 14.5 Å².